The number of carbonyl (C=O) groups excluding carboxylic acids is 1. The third-order valence-electron chi connectivity index (χ3n) is 3.08. The van der Waals surface area contributed by atoms with Crippen molar-refractivity contribution >= 4 is 5.91 Å². The van der Waals surface area contributed by atoms with Crippen molar-refractivity contribution in [2.45, 2.75) is 32.2 Å². The number of hydrogen-bond donors (Lipinski definition) is 1. The van der Waals surface area contributed by atoms with Gasteiger partial charge in [-0.25, -0.2) is 0 Å². The maximum atomic E-state index is 11.2. The third kappa shape index (κ3) is 2.44. The van der Waals surface area contributed by atoms with E-state index in [-0.39, 0.29) is 5.91 Å². The summed E-state index contributed by atoms with van der Waals surface area (Å²) in [5.41, 5.74) is 0. The summed E-state index contributed by atoms with van der Waals surface area (Å²) in [6, 6.07) is 0.463. The van der Waals surface area contributed by atoms with Gasteiger partial charge < -0.3 is 10.2 Å². The van der Waals surface area contributed by atoms with Gasteiger partial charge in [0.2, 0.25) is 5.91 Å². The second-order valence-electron chi connectivity index (χ2n) is 3.95. The summed E-state index contributed by atoms with van der Waals surface area (Å²) < 4.78 is 0. The minimum Gasteiger partial charge on any atom is -0.343 e. The fourth-order valence-electron chi connectivity index (χ4n) is 2.26. The Morgan fingerprint density at radius 2 is 2.23 bits per heavy atom. The van der Waals surface area contributed by atoms with Gasteiger partial charge in [0.25, 0.3) is 0 Å². The molecule has 1 aliphatic carbocycles. The first-order valence-corrected chi connectivity index (χ1v) is 5.04. The predicted molar refractivity (Wildman–Crippen MR) is 53.5 cm³/mol. The fourth-order valence-corrected chi connectivity index (χ4v) is 2.26. The Kier molecular flexibility index (Phi) is 3.72. The molecule has 0 saturated heterocycles. The average molecular weight is 184 g/mol. The van der Waals surface area contributed by atoms with Crippen molar-refractivity contribution < 1.29 is 4.79 Å². The van der Waals surface area contributed by atoms with Crippen LogP contribution in [0.3, 0.4) is 0 Å². The van der Waals surface area contributed by atoms with Crippen LogP contribution in [0.5, 0.6) is 0 Å². The monoisotopic (exact) mass is 184 g/mol. The van der Waals surface area contributed by atoms with Gasteiger partial charge in [-0.3, -0.25) is 4.79 Å². The molecule has 1 N–H and O–H groups in total. The third-order valence-corrected chi connectivity index (χ3v) is 3.08. The molecule has 0 aromatic carbocycles. The van der Waals surface area contributed by atoms with Crippen LogP contribution in [0.1, 0.15) is 26.2 Å². The number of carbonyl (C=O) groups is 1. The largest absolute Gasteiger partial charge is 0.343 e. The molecule has 0 radical (unpaired) electrons. The van der Waals surface area contributed by atoms with E-state index in [2.05, 4.69) is 5.32 Å². The van der Waals surface area contributed by atoms with Crippen LogP contribution in [0, 0.1) is 5.92 Å². The first kappa shape index (κ1) is 10.5. The quantitative estimate of drug-likeness (QED) is 0.705. The molecule has 1 amide bonds. The Morgan fingerprint density at radius 3 is 2.77 bits per heavy atom. The van der Waals surface area contributed by atoms with Gasteiger partial charge in [0.1, 0.15) is 0 Å². The first-order valence-electron chi connectivity index (χ1n) is 5.04. The molecule has 1 fully saturated rings. The predicted octanol–water partition coefficient (Wildman–Crippen LogP) is 0.853. The van der Waals surface area contributed by atoms with Crippen molar-refractivity contribution in [3.8, 4) is 0 Å². The standard InChI is InChI=1S/C10H20N2O/c1-8(13)12(3)10-6-4-5-9(10)7-11-2/h9-11H,4-7H2,1-3H3. The van der Waals surface area contributed by atoms with E-state index in [1.807, 2.05) is 19.0 Å². The molecule has 2 unspecified atom stereocenters. The number of amides is 1. The van der Waals surface area contributed by atoms with Crippen LogP contribution >= 0.6 is 0 Å². The van der Waals surface area contributed by atoms with Crippen molar-refractivity contribution in [3.05, 3.63) is 0 Å². The lowest BCUT2D eigenvalue weighted by Crippen LogP contribution is -2.40. The van der Waals surface area contributed by atoms with E-state index in [1.165, 1.54) is 19.3 Å². The maximum Gasteiger partial charge on any atom is 0.219 e. The molecule has 3 nitrogen and oxygen atoms in total. The van der Waals surface area contributed by atoms with E-state index in [4.69, 9.17) is 0 Å². The Morgan fingerprint density at radius 1 is 1.54 bits per heavy atom. The topological polar surface area (TPSA) is 32.3 Å². The molecule has 0 aromatic rings. The molecule has 0 aromatic heterocycles. The Hall–Kier alpha value is -0.570. The smallest absolute Gasteiger partial charge is 0.219 e. The lowest BCUT2D eigenvalue weighted by molar-refractivity contribution is -0.130. The highest BCUT2D eigenvalue weighted by Gasteiger charge is 2.30. The molecule has 0 bridgehead atoms. The van der Waals surface area contributed by atoms with Gasteiger partial charge in [-0.15, -0.1) is 0 Å². The second-order valence-corrected chi connectivity index (χ2v) is 3.95. The Bertz CT molecular complexity index is 182. The normalized spacial score (nSPS) is 27.6. The van der Waals surface area contributed by atoms with Gasteiger partial charge in [-0.1, -0.05) is 6.42 Å². The maximum absolute atomic E-state index is 11.2. The molecule has 0 heterocycles. The minimum atomic E-state index is 0.188. The van der Waals surface area contributed by atoms with E-state index in [9.17, 15) is 4.79 Å². The lowest BCUT2D eigenvalue weighted by atomic mass is 10.0. The zero-order valence-electron chi connectivity index (χ0n) is 8.84. The van der Waals surface area contributed by atoms with Crippen molar-refractivity contribution in [2.24, 2.45) is 5.92 Å². The molecule has 0 aliphatic heterocycles. The molecule has 1 aliphatic rings. The van der Waals surface area contributed by atoms with Crippen LogP contribution in [-0.4, -0.2) is 37.5 Å². The van der Waals surface area contributed by atoms with Crippen LogP contribution in [0.15, 0.2) is 0 Å². The van der Waals surface area contributed by atoms with E-state index in [0.29, 0.717) is 12.0 Å². The van der Waals surface area contributed by atoms with Crippen molar-refractivity contribution in [1.29, 1.82) is 0 Å². The van der Waals surface area contributed by atoms with Gasteiger partial charge in [-0.05, 0) is 32.4 Å². The number of nitrogens with one attached hydrogen (secondary N) is 1. The molecular formula is C10H20N2O. The summed E-state index contributed by atoms with van der Waals surface area (Å²) in [5, 5.41) is 3.20. The highest BCUT2D eigenvalue weighted by molar-refractivity contribution is 5.73. The molecular weight excluding hydrogens is 164 g/mol. The minimum absolute atomic E-state index is 0.188. The zero-order valence-corrected chi connectivity index (χ0v) is 8.84. The van der Waals surface area contributed by atoms with E-state index >= 15 is 0 Å². The summed E-state index contributed by atoms with van der Waals surface area (Å²) in [4.78, 5) is 13.1. The summed E-state index contributed by atoms with van der Waals surface area (Å²) in [6.45, 7) is 2.68. The van der Waals surface area contributed by atoms with Crippen LogP contribution in [-0.2, 0) is 4.79 Å². The van der Waals surface area contributed by atoms with Gasteiger partial charge in [0.05, 0.1) is 0 Å². The fraction of sp³-hybridized carbons (Fsp3) is 0.900. The zero-order chi connectivity index (χ0) is 9.84. The van der Waals surface area contributed by atoms with Crippen LogP contribution in [0.4, 0.5) is 0 Å². The molecule has 1 saturated carbocycles. The van der Waals surface area contributed by atoms with Gasteiger partial charge in [0, 0.05) is 20.0 Å². The molecule has 3 heteroatoms. The van der Waals surface area contributed by atoms with Crippen LogP contribution < -0.4 is 5.32 Å². The van der Waals surface area contributed by atoms with Crippen molar-refractivity contribution in [2.75, 3.05) is 20.6 Å². The van der Waals surface area contributed by atoms with Crippen LogP contribution in [0.2, 0.25) is 0 Å². The number of rotatable bonds is 3. The summed E-state index contributed by atoms with van der Waals surface area (Å²) in [7, 11) is 3.89. The highest BCUT2D eigenvalue weighted by Crippen LogP contribution is 2.28. The van der Waals surface area contributed by atoms with Gasteiger partial charge >= 0.3 is 0 Å². The van der Waals surface area contributed by atoms with E-state index in [1.54, 1.807) is 6.92 Å². The number of hydrogen-bond acceptors (Lipinski definition) is 2. The van der Waals surface area contributed by atoms with Crippen molar-refractivity contribution in [1.82, 2.24) is 10.2 Å². The van der Waals surface area contributed by atoms with Gasteiger partial charge in [-0.2, -0.15) is 0 Å². The van der Waals surface area contributed by atoms with E-state index in [0.717, 1.165) is 6.54 Å². The Balaban J connectivity index is 2.51. The molecule has 0 spiro atoms. The SMILES string of the molecule is CNCC1CCCC1N(C)C(C)=O. The van der Waals surface area contributed by atoms with E-state index < -0.39 is 0 Å². The van der Waals surface area contributed by atoms with Gasteiger partial charge in [0.15, 0.2) is 0 Å². The number of nitrogens with zero attached hydrogens (tertiary/aromatic N) is 1. The Labute approximate surface area is 80.5 Å². The van der Waals surface area contributed by atoms with Crippen LogP contribution in [0.25, 0.3) is 0 Å². The lowest BCUT2D eigenvalue weighted by Gasteiger charge is -2.28. The summed E-state index contributed by atoms with van der Waals surface area (Å²) in [6.07, 6.45) is 3.68. The summed E-state index contributed by atoms with van der Waals surface area (Å²) in [5.74, 6) is 0.840. The highest BCUT2D eigenvalue weighted by atomic mass is 16.2. The average Bonchev–Trinajstić information content (AvgIpc) is 2.52. The molecule has 2 atom stereocenters. The van der Waals surface area contributed by atoms with Crippen molar-refractivity contribution in [3.63, 3.8) is 0 Å². The first-order chi connectivity index (χ1) is 6.16. The molecule has 1 rings (SSSR count). The summed E-state index contributed by atoms with van der Waals surface area (Å²) >= 11 is 0. The molecule has 13 heavy (non-hydrogen) atoms. The second kappa shape index (κ2) is 4.61. The molecule has 76 valence electrons.